The Kier molecular flexibility index (Phi) is 14.1. The molecule has 6 nitrogen and oxygen atoms in total. The monoisotopic (exact) mass is 456 g/mol. The Balaban J connectivity index is 2.72. The van der Waals surface area contributed by atoms with Gasteiger partial charge in [-0.15, -0.1) is 0 Å². The number of carbonyl (C=O) groups excluding carboxylic acids is 2. The average molecular weight is 457 g/mol. The highest BCUT2D eigenvalue weighted by atomic mass is 16.5. The Morgan fingerprint density at radius 3 is 2.34 bits per heavy atom. The first-order valence-corrected chi connectivity index (χ1v) is 13.0. The van der Waals surface area contributed by atoms with Gasteiger partial charge in [-0.3, -0.25) is 9.59 Å². The maximum absolute atomic E-state index is 13.1. The molecule has 0 radical (unpaired) electrons. The lowest BCUT2D eigenvalue weighted by Gasteiger charge is -2.37. The molecule has 0 saturated heterocycles. The Labute approximate surface area is 195 Å². The van der Waals surface area contributed by atoms with Crippen LogP contribution in [0.1, 0.15) is 111 Å². The van der Waals surface area contributed by atoms with E-state index in [-0.39, 0.29) is 24.0 Å². The minimum Gasteiger partial charge on any atom is -0.466 e. The molecular weight excluding hydrogens is 408 g/mol. The molecule has 1 aliphatic rings. The smallest absolute Gasteiger partial charge is 0.314 e. The van der Waals surface area contributed by atoms with Crippen LogP contribution < -0.4 is 0 Å². The molecule has 1 fully saturated rings. The van der Waals surface area contributed by atoms with E-state index in [0.29, 0.717) is 44.8 Å². The third-order valence-electron chi connectivity index (χ3n) is 7.19. The molecule has 0 bridgehead atoms. The van der Waals surface area contributed by atoms with Gasteiger partial charge in [-0.1, -0.05) is 39.5 Å². The van der Waals surface area contributed by atoms with Crippen LogP contribution in [-0.4, -0.2) is 47.6 Å². The molecule has 1 aliphatic carbocycles. The Morgan fingerprint density at radius 2 is 1.69 bits per heavy atom. The van der Waals surface area contributed by atoms with Crippen molar-refractivity contribution < 1.29 is 29.3 Å². The first-order valence-electron chi connectivity index (χ1n) is 13.0. The number of aliphatic hydroxyl groups excluding tert-OH is 2. The van der Waals surface area contributed by atoms with Crippen LogP contribution in [0.5, 0.6) is 0 Å². The molecule has 1 rings (SSSR count). The standard InChI is InChI=1S/C26H48O6/c1-5-8-9-12-22(27)16-14-21-15-17-23(28)26(21,25(30)32-7-3)19-18-20(4)11-10-13-24(29)31-6-2/h20-23,27-28H,5-19H2,1-4H3. The summed E-state index contributed by atoms with van der Waals surface area (Å²) in [6, 6.07) is 0. The summed E-state index contributed by atoms with van der Waals surface area (Å²) < 4.78 is 10.5. The number of aliphatic hydroxyl groups is 2. The van der Waals surface area contributed by atoms with E-state index in [1.54, 1.807) is 6.92 Å². The van der Waals surface area contributed by atoms with Crippen LogP contribution in [0.15, 0.2) is 0 Å². The second-order valence-corrected chi connectivity index (χ2v) is 9.62. The third kappa shape index (κ3) is 9.01. The fourth-order valence-electron chi connectivity index (χ4n) is 5.21. The van der Waals surface area contributed by atoms with Gasteiger partial charge in [0.2, 0.25) is 0 Å². The number of hydrogen-bond donors (Lipinski definition) is 2. The molecule has 0 aliphatic heterocycles. The lowest BCUT2D eigenvalue weighted by Crippen LogP contribution is -2.45. The normalized spacial score (nSPS) is 24.8. The molecule has 6 heteroatoms. The topological polar surface area (TPSA) is 93.1 Å². The number of ether oxygens (including phenoxy) is 2. The van der Waals surface area contributed by atoms with Gasteiger partial charge < -0.3 is 19.7 Å². The van der Waals surface area contributed by atoms with Crippen LogP contribution in [0.2, 0.25) is 0 Å². The summed E-state index contributed by atoms with van der Waals surface area (Å²) in [5.41, 5.74) is -0.880. The van der Waals surface area contributed by atoms with Gasteiger partial charge in [0, 0.05) is 6.42 Å². The summed E-state index contributed by atoms with van der Waals surface area (Å²) in [6.45, 7) is 8.60. The van der Waals surface area contributed by atoms with Gasteiger partial charge in [-0.25, -0.2) is 0 Å². The quantitative estimate of drug-likeness (QED) is 0.231. The van der Waals surface area contributed by atoms with Crippen molar-refractivity contribution in [1.82, 2.24) is 0 Å². The fraction of sp³-hybridized carbons (Fsp3) is 0.923. The zero-order chi connectivity index (χ0) is 24.0. The van der Waals surface area contributed by atoms with Crippen molar-refractivity contribution >= 4 is 11.9 Å². The summed E-state index contributed by atoms with van der Waals surface area (Å²) in [5.74, 6) is -0.0754. The van der Waals surface area contributed by atoms with Crippen molar-refractivity contribution in [3.63, 3.8) is 0 Å². The molecule has 0 amide bonds. The Hall–Kier alpha value is -1.14. The van der Waals surface area contributed by atoms with Gasteiger partial charge in [0.25, 0.3) is 0 Å². The highest BCUT2D eigenvalue weighted by molar-refractivity contribution is 5.78. The fourth-order valence-corrected chi connectivity index (χ4v) is 5.21. The molecule has 2 N–H and O–H groups in total. The van der Waals surface area contributed by atoms with E-state index in [2.05, 4.69) is 13.8 Å². The van der Waals surface area contributed by atoms with Gasteiger partial charge in [0.15, 0.2) is 0 Å². The molecule has 0 aromatic heterocycles. The number of esters is 2. The van der Waals surface area contributed by atoms with E-state index >= 15 is 0 Å². The van der Waals surface area contributed by atoms with E-state index in [4.69, 9.17) is 9.47 Å². The lowest BCUT2D eigenvalue weighted by molar-refractivity contribution is -0.166. The summed E-state index contributed by atoms with van der Waals surface area (Å²) >= 11 is 0. The first kappa shape index (κ1) is 28.9. The van der Waals surface area contributed by atoms with Crippen molar-refractivity contribution in [3.8, 4) is 0 Å². The molecule has 188 valence electrons. The van der Waals surface area contributed by atoms with Gasteiger partial charge >= 0.3 is 11.9 Å². The Morgan fingerprint density at radius 1 is 0.969 bits per heavy atom. The molecule has 0 aromatic carbocycles. The van der Waals surface area contributed by atoms with Gasteiger partial charge in [-0.2, -0.15) is 0 Å². The molecular formula is C26H48O6. The summed E-state index contributed by atoms with van der Waals surface area (Å²) in [7, 11) is 0. The molecule has 32 heavy (non-hydrogen) atoms. The van der Waals surface area contributed by atoms with Crippen molar-refractivity contribution in [2.75, 3.05) is 13.2 Å². The maximum atomic E-state index is 13.1. The van der Waals surface area contributed by atoms with Crippen molar-refractivity contribution in [1.29, 1.82) is 0 Å². The highest BCUT2D eigenvalue weighted by Gasteiger charge is 2.55. The number of unbranched alkanes of at least 4 members (excludes halogenated alkanes) is 2. The largest absolute Gasteiger partial charge is 0.466 e. The van der Waals surface area contributed by atoms with E-state index in [9.17, 15) is 19.8 Å². The highest BCUT2D eigenvalue weighted by Crippen LogP contribution is 2.51. The summed E-state index contributed by atoms with van der Waals surface area (Å²) in [6.07, 6.45) is 9.29. The first-order chi connectivity index (χ1) is 15.3. The van der Waals surface area contributed by atoms with E-state index in [1.165, 1.54) is 0 Å². The van der Waals surface area contributed by atoms with E-state index in [0.717, 1.165) is 57.8 Å². The lowest BCUT2D eigenvalue weighted by atomic mass is 9.69. The molecule has 5 atom stereocenters. The molecule has 0 heterocycles. The number of hydrogen-bond acceptors (Lipinski definition) is 6. The van der Waals surface area contributed by atoms with Crippen LogP contribution in [0, 0.1) is 17.3 Å². The second-order valence-electron chi connectivity index (χ2n) is 9.62. The molecule has 0 spiro atoms. The molecule has 5 unspecified atom stereocenters. The minimum absolute atomic E-state index is 0.0316. The second kappa shape index (κ2) is 15.7. The third-order valence-corrected chi connectivity index (χ3v) is 7.19. The Bertz CT molecular complexity index is 536. The van der Waals surface area contributed by atoms with Gasteiger partial charge in [0.05, 0.1) is 30.8 Å². The van der Waals surface area contributed by atoms with Crippen LogP contribution in [0.4, 0.5) is 0 Å². The van der Waals surface area contributed by atoms with Gasteiger partial charge in [-0.05, 0) is 77.0 Å². The number of carbonyl (C=O) groups is 2. The zero-order valence-electron chi connectivity index (χ0n) is 20.9. The van der Waals surface area contributed by atoms with E-state index < -0.39 is 11.5 Å². The predicted molar refractivity (Wildman–Crippen MR) is 126 cm³/mol. The maximum Gasteiger partial charge on any atom is 0.314 e. The van der Waals surface area contributed by atoms with Crippen LogP contribution >= 0.6 is 0 Å². The number of rotatable bonds is 17. The van der Waals surface area contributed by atoms with Crippen LogP contribution in [-0.2, 0) is 19.1 Å². The van der Waals surface area contributed by atoms with Crippen molar-refractivity contribution in [2.45, 2.75) is 123 Å². The van der Waals surface area contributed by atoms with Crippen molar-refractivity contribution in [2.24, 2.45) is 17.3 Å². The molecule has 0 aromatic rings. The zero-order valence-corrected chi connectivity index (χ0v) is 20.9. The van der Waals surface area contributed by atoms with Crippen LogP contribution in [0.25, 0.3) is 0 Å². The van der Waals surface area contributed by atoms with Crippen molar-refractivity contribution in [3.05, 3.63) is 0 Å². The molecule has 1 saturated carbocycles. The summed E-state index contributed by atoms with van der Waals surface area (Å²) in [5, 5.41) is 21.3. The van der Waals surface area contributed by atoms with Crippen LogP contribution in [0.3, 0.4) is 0 Å². The predicted octanol–water partition coefficient (Wildman–Crippen LogP) is 5.18. The minimum atomic E-state index is -0.880. The van der Waals surface area contributed by atoms with Gasteiger partial charge in [0.1, 0.15) is 0 Å². The SMILES string of the molecule is CCCCCC(O)CCC1CCC(O)C1(CCC(C)CCCC(=O)OCC)C(=O)OCC. The van der Waals surface area contributed by atoms with E-state index in [1.807, 2.05) is 6.92 Å². The summed E-state index contributed by atoms with van der Waals surface area (Å²) in [4.78, 5) is 24.7. The average Bonchev–Trinajstić information content (AvgIpc) is 3.07.